The van der Waals surface area contributed by atoms with Crippen molar-refractivity contribution in [2.24, 2.45) is 0 Å². The van der Waals surface area contributed by atoms with E-state index >= 15 is 0 Å². The Balaban J connectivity index is 0.000000357. The van der Waals surface area contributed by atoms with Crippen molar-refractivity contribution in [3.05, 3.63) is 35.9 Å². The van der Waals surface area contributed by atoms with Gasteiger partial charge in [-0.25, -0.2) is 0 Å². The molecule has 3 nitrogen and oxygen atoms in total. The molecule has 0 aliphatic carbocycles. The molecule has 0 bridgehead atoms. The Morgan fingerprint density at radius 2 is 2.06 bits per heavy atom. The molecule has 0 radical (unpaired) electrons. The molecule has 3 heteroatoms. The van der Waals surface area contributed by atoms with E-state index in [2.05, 4.69) is 40.4 Å². The van der Waals surface area contributed by atoms with E-state index in [0.29, 0.717) is 6.47 Å². The lowest BCUT2D eigenvalue weighted by Gasteiger charge is -2.23. The summed E-state index contributed by atoms with van der Waals surface area (Å²) in [6.45, 7) is 1.60. The van der Waals surface area contributed by atoms with E-state index in [4.69, 9.17) is 4.79 Å². The quantitative estimate of drug-likeness (QED) is 0.833. The van der Waals surface area contributed by atoms with E-state index in [1.165, 1.54) is 51.3 Å². The number of carbonyl (C=O) groups is 1. The summed E-state index contributed by atoms with van der Waals surface area (Å²) < 4.78 is 3.86. The molecule has 1 atom stereocenters. The van der Waals surface area contributed by atoms with E-state index in [1.807, 2.05) is 0 Å². The number of hydrogen-bond donors (Lipinski definition) is 1. The van der Waals surface area contributed by atoms with Crippen molar-refractivity contribution in [1.82, 2.24) is 5.32 Å². The molecule has 18 heavy (non-hydrogen) atoms. The van der Waals surface area contributed by atoms with Gasteiger partial charge in [0.2, 0.25) is 0 Å². The number of aryl methyl sites for hydroxylation is 1. The average Bonchev–Trinajstić information content (AvgIpc) is 2.47. The molecule has 1 heterocycles. The van der Waals surface area contributed by atoms with Crippen LogP contribution in [0.5, 0.6) is 0 Å². The van der Waals surface area contributed by atoms with E-state index in [-0.39, 0.29) is 0 Å². The normalized spacial score (nSPS) is 18.4. The third-order valence-electron chi connectivity index (χ3n) is 3.13. The first-order valence-corrected chi connectivity index (χ1v) is 6.60. The molecule has 0 amide bonds. The standard InChI is InChI=1S/C13H19N.C2H4O2/c1-2-6-12(7-3-1)9-10-13-8-4-5-11-14-13;1-4-2-3/h1-3,6-7,13-14H,4-5,8-11H2;2H,1H3/t13-;/m0./s1. The van der Waals surface area contributed by atoms with Crippen molar-refractivity contribution in [2.45, 2.75) is 38.1 Å². The number of carbonyl (C=O) groups excluding carboxylic acids is 1. The first kappa shape index (κ1) is 14.7. The van der Waals surface area contributed by atoms with Crippen LogP contribution in [0.3, 0.4) is 0 Å². The fourth-order valence-electron chi connectivity index (χ4n) is 2.16. The Morgan fingerprint density at radius 1 is 1.33 bits per heavy atom. The largest absolute Gasteiger partial charge is 0.471 e. The van der Waals surface area contributed by atoms with Crippen LogP contribution < -0.4 is 5.32 Å². The van der Waals surface area contributed by atoms with Crippen molar-refractivity contribution in [1.29, 1.82) is 0 Å². The van der Waals surface area contributed by atoms with Crippen molar-refractivity contribution < 1.29 is 9.53 Å². The molecular formula is C15H23NO2. The Hall–Kier alpha value is -1.35. The summed E-state index contributed by atoms with van der Waals surface area (Å²) >= 11 is 0. The molecule has 100 valence electrons. The SMILES string of the molecule is COC=O.c1ccc(CC[C@@H]2CCCCN2)cc1. The second-order valence-corrected chi connectivity index (χ2v) is 4.50. The Kier molecular flexibility index (Phi) is 7.89. The summed E-state index contributed by atoms with van der Waals surface area (Å²) in [5, 5.41) is 3.59. The van der Waals surface area contributed by atoms with Gasteiger partial charge in [0.25, 0.3) is 6.47 Å². The Bertz CT molecular complexity index is 308. The van der Waals surface area contributed by atoms with Gasteiger partial charge in [0, 0.05) is 6.04 Å². The highest BCUT2D eigenvalue weighted by molar-refractivity contribution is 5.36. The van der Waals surface area contributed by atoms with E-state index in [9.17, 15) is 0 Å². The highest BCUT2D eigenvalue weighted by atomic mass is 16.5. The summed E-state index contributed by atoms with van der Waals surface area (Å²) in [6, 6.07) is 11.6. The van der Waals surface area contributed by atoms with Crippen LogP contribution in [0.4, 0.5) is 0 Å². The lowest BCUT2D eigenvalue weighted by Crippen LogP contribution is -2.34. The van der Waals surface area contributed by atoms with Crippen molar-refractivity contribution in [3.8, 4) is 0 Å². The minimum atomic E-state index is 0.375. The van der Waals surface area contributed by atoms with Crippen molar-refractivity contribution in [2.75, 3.05) is 13.7 Å². The van der Waals surface area contributed by atoms with Gasteiger partial charge in [0.1, 0.15) is 0 Å². The van der Waals surface area contributed by atoms with Gasteiger partial charge >= 0.3 is 0 Å². The van der Waals surface area contributed by atoms with Crippen LogP contribution in [-0.2, 0) is 16.0 Å². The first-order valence-electron chi connectivity index (χ1n) is 6.60. The van der Waals surface area contributed by atoms with E-state index < -0.39 is 0 Å². The summed E-state index contributed by atoms with van der Waals surface area (Å²) in [5.74, 6) is 0. The molecule has 1 N–H and O–H groups in total. The molecular weight excluding hydrogens is 226 g/mol. The zero-order chi connectivity index (χ0) is 13.1. The lowest BCUT2D eigenvalue weighted by molar-refractivity contribution is -0.126. The maximum Gasteiger partial charge on any atom is 0.292 e. The van der Waals surface area contributed by atoms with Gasteiger partial charge in [-0.1, -0.05) is 36.8 Å². The number of ether oxygens (including phenoxy) is 1. The van der Waals surface area contributed by atoms with Gasteiger partial charge in [0.15, 0.2) is 0 Å². The minimum absolute atomic E-state index is 0.375. The summed E-state index contributed by atoms with van der Waals surface area (Å²) in [4.78, 5) is 8.95. The summed E-state index contributed by atoms with van der Waals surface area (Å²) in [6.07, 6.45) is 6.66. The van der Waals surface area contributed by atoms with E-state index in [0.717, 1.165) is 6.04 Å². The maximum absolute atomic E-state index is 8.95. The van der Waals surface area contributed by atoms with Crippen LogP contribution >= 0.6 is 0 Å². The highest BCUT2D eigenvalue weighted by Crippen LogP contribution is 2.13. The molecule has 1 aromatic rings. The predicted molar refractivity (Wildman–Crippen MR) is 73.5 cm³/mol. The van der Waals surface area contributed by atoms with Crippen LogP contribution in [0, 0.1) is 0 Å². The number of hydrogen-bond acceptors (Lipinski definition) is 3. The molecule has 2 rings (SSSR count). The van der Waals surface area contributed by atoms with Crippen molar-refractivity contribution >= 4 is 6.47 Å². The van der Waals surface area contributed by atoms with Crippen molar-refractivity contribution in [3.63, 3.8) is 0 Å². The van der Waals surface area contributed by atoms with Crippen LogP contribution in [0.2, 0.25) is 0 Å². The van der Waals surface area contributed by atoms with Crippen LogP contribution in [0.15, 0.2) is 30.3 Å². The number of rotatable bonds is 4. The Morgan fingerprint density at radius 3 is 2.61 bits per heavy atom. The van der Waals surface area contributed by atoms with Gasteiger partial charge in [0.05, 0.1) is 7.11 Å². The number of piperidine rings is 1. The predicted octanol–water partition coefficient (Wildman–Crippen LogP) is 2.55. The monoisotopic (exact) mass is 249 g/mol. The molecule has 1 aromatic carbocycles. The first-order chi connectivity index (χ1) is 8.86. The smallest absolute Gasteiger partial charge is 0.292 e. The molecule has 1 saturated heterocycles. The van der Waals surface area contributed by atoms with Crippen LogP contribution in [0.1, 0.15) is 31.2 Å². The maximum atomic E-state index is 8.95. The second kappa shape index (κ2) is 9.66. The van der Waals surface area contributed by atoms with Crippen LogP contribution in [-0.4, -0.2) is 26.2 Å². The number of benzene rings is 1. The minimum Gasteiger partial charge on any atom is -0.471 e. The molecule has 1 aliphatic rings. The fourth-order valence-corrected chi connectivity index (χ4v) is 2.16. The fraction of sp³-hybridized carbons (Fsp3) is 0.533. The topological polar surface area (TPSA) is 38.3 Å². The molecule has 0 aromatic heterocycles. The van der Waals surface area contributed by atoms with Gasteiger partial charge in [-0.15, -0.1) is 0 Å². The molecule has 0 spiro atoms. The van der Waals surface area contributed by atoms with Gasteiger partial charge < -0.3 is 10.1 Å². The average molecular weight is 249 g/mol. The summed E-state index contributed by atoms with van der Waals surface area (Å²) in [5.41, 5.74) is 1.47. The molecule has 1 fully saturated rings. The lowest BCUT2D eigenvalue weighted by atomic mass is 9.98. The summed E-state index contributed by atoms with van der Waals surface area (Å²) in [7, 11) is 1.31. The van der Waals surface area contributed by atoms with Crippen LogP contribution in [0.25, 0.3) is 0 Å². The highest BCUT2D eigenvalue weighted by Gasteiger charge is 2.11. The Labute approximate surface area is 110 Å². The molecule has 1 aliphatic heterocycles. The second-order valence-electron chi connectivity index (χ2n) is 4.50. The van der Waals surface area contributed by atoms with E-state index in [1.54, 1.807) is 0 Å². The van der Waals surface area contributed by atoms with Gasteiger partial charge in [-0.2, -0.15) is 0 Å². The molecule has 0 unspecified atom stereocenters. The number of nitrogens with one attached hydrogen (secondary N) is 1. The van der Waals surface area contributed by atoms with Gasteiger partial charge in [-0.05, 0) is 37.8 Å². The van der Waals surface area contributed by atoms with Gasteiger partial charge in [-0.3, -0.25) is 4.79 Å². The number of methoxy groups -OCH3 is 1. The third-order valence-corrected chi connectivity index (χ3v) is 3.13. The molecule has 0 saturated carbocycles. The zero-order valence-electron chi connectivity index (χ0n) is 11.1. The third kappa shape index (κ3) is 6.40. The zero-order valence-corrected chi connectivity index (χ0v) is 11.1.